The van der Waals surface area contributed by atoms with Gasteiger partial charge in [0.25, 0.3) is 0 Å². The minimum atomic E-state index is 0.129. The van der Waals surface area contributed by atoms with E-state index >= 15 is 0 Å². The molecule has 2 rings (SSSR count). The molecule has 0 amide bonds. The summed E-state index contributed by atoms with van der Waals surface area (Å²) in [7, 11) is 2.08. The predicted octanol–water partition coefficient (Wildman–Crippen LogP) is 3.11. The van der Waals surface area contributed by atoms with Crippen molar-refractivity contribution in [3.05, 3.63) is 0 Å². The third-order valence-corrected chi connectivity index (χ3v) is 4.43. The molecule has 94 valence electrons. The minimum absolute atomic E-state index is 0.129. The lowest BCUT2D eigenvalue weighted by molar-refractivity contribution is -0.0349. The molecule has 1 saturated carbocycles. The van der Waals surface area contributed by atoms with Crippen LogP contribution in [0.4, 0.5) is 0 Å². The van der Waals surface area contributed by atoms with Crippen LogP contribution in [0.5, 0.6) is 0 Å². The first-order valence-electron chi connectivity index (χ1n) is 6.88. The van der Waals surface area contributed by atoms with E-state index in [0.29, 0.717) is 11.5 Å². The summed E-state index contributed by atoms with van der Waals surface area (Å²) < 4.78 is 6.15. The van der Waals surface area contributed by atoms with Crippen molar-refractivity contribution in [2.45, 2.75) is 70.5 Å². The molecule has 16 heavy (non-hydrogen) atoms. The predicted molar refractivity (Wildman–Crippen MR) is 67.6 cm³/mol. The highest BCUT2D eigenvalue weighted by molar-refractivity contribution is 4.91. The number of ether oxygens (including phenoxy) is 1. The monoisotopic (exact) mass is 225 g/mol. The Morgan fingerprint density at radius 2 is 1.88 bits per heavy atom. The SMILES string of the molecule is CNCC1(CC2CCC(C)(C)O2)CCCC1. The summed E-state index contributed by atoms with van der Waals surface area (Å²) in [6.07, 6.45) is 9.90. The third kappa shape index (κ3) is 2.78. The van der Waals surface area contributed by atoms with Crippen LogP contribution in [0.1, 0.15) is 58.8 Å². The highest BCUT2D eigenvalue weighted by atomic mass is 16.5. The van der Waals surface area contributed by atoms with Gasteiger partial charge in [-0.25, -0.2) is 0 Å². The van der Waals surface area contributed by atoms with Crippen molar-refractivity contribution in [1.29, 1.82) is 0 Å². The van der Waals surface area contributed by atoms with E-state index in [-0.39, 0.29) is 5.60 Å². The van der Waals surface area contributed by atoms with Gasteiger partial charge in [-0.3, -0.25) is 0 Å². The Kier molecular flexibility index (Phi) is 3.60. The van der Waals surface area contributed by atoms with Gasteiger partial charge in [0, 0.05) is 6.54 Å². The zero-order valence-electron chi connectivity index (χ0n) is 11.1. The van der Waals surface area contributed by atoms with Gasteiger partial charge in [0.1, 0.15) is 0 Å². The summed E-state index contributed by atoms with van der Waals surface area (Å²) in [5.41, 5.74) is 0.671. The average molecular weight is 225 g/mol. The second kappa shape index (κ2) is 4.66. The molecule has 1 saturated heterocycles. The molecule has 0 spiro atoms. The van der Waals surface area contributed by atoms with Gasteiger partial charge in [-0.05, 0) is 58.4 Å². The van der Waals surface area contributed by atoms with E-state index in [9.17, 15) is 0 Å². The smallest absolute Gasteiger partial charge is 0.0631 e. The third-order valence-electron chi connectivity index (χ3n) is 4.43. The van der Waals surface area contributed by atoms with E-state index in [4.69, 9.17) is 4.74 Å². The summed E-state index contributed by atoms with van der Waals surface area (Å²) in [6.45, 7) is 5.63. The quantitative estimate of drug-likeness (QED) is 0.794. The molecule has 1 aliphatic heterocycles. The van der Waals surface area contributed by atoms with Crippen molar-refractivity contribution >= 4 is 0 Å². The largest absolute Gasteiger partial charge is 0.372 e. The zero-order chi connectivity index (χ0) is 11.6. The van der Waals surface area contributed by atoms with Crippen LogP contribution in [0.25, 0.3) is 0 Å². The zero-order valence-corrected chi connectivity index (χ0v) is 11.1. The number of hydrogen-bond acceptors (Lipinski definition) is 2. The first-order chi connectivity index (χ1) is 7.55. The van der Waals surface area contributed by atoms with Crippen LogP contribution in [0.2, 0.25) is 0 Å². The fourth-order valence-corrected chi connectivity index (χ4v) is 3.66. The number of rotatable bonds is 4. The normalized spacial score (nSPS) is 32.1. The minimum Gasteiger partial charge on any atom is -0.372 e. The maximum absolute atomic E-state index is 6.15. The molecule has 0 aromatic carbocycles. The Labute approximate surface area is 100 Å². The molecule has 1 unspecified atom stereocenters. The molecule has 0 bridgehead atoms. The fourth-order valence-electron chi connectivity index (χ4n) is 3.66. The summed E-state index contributed by atoms with van der Waals surface area (Å²) in [4.78, 5) is 0. The Bertz CT molecular complexity index is 231. The van der Waals surface area contributed by atoms with Crippen LogP contribution in [0.3, 0.4) is 0 Å². The summed E-state index contributed by atoms with van der Waals surface area (Å²) in [5, 5.41) is 3.39. The van der Waals surface area contributed by atoms with Crippen molar-refractivity contribution in [2.75, 3.05) is 13.6 Å². The van der Waals surface area contributed by atoms with Crippen LogP contribution in [-0.4, -0.2) is 25.3 Å². The highest BCUT2D eigenvalue weighted by Crippen LogP contribution is 2.45. The standard InChI is InChI=1S/C14H27NO/c1-13(2)9-6-12(16-13)10-14(11-15-3)7-4-5-8-14/h12,15H,4-11H2,1-3H3. The summed E-state index contributed by atoms with van der Waals surface area (Å²) in [6, 6.07) is 0. The Hall–Kier alpha value is -0.0800. The van der Waals surface area contributed by atoms with Crippen molar-refractivity contribution in [3.8, 4) is 0 Å². The van der Waals surface area contributed by atoms with Gasteiger partial charge in [-0.1, -0.05) is 12.8 Å². The fraction of sp³-hybridized carbons (Fsp3) is 1.00. The van der Waals surface area contributed by atoms with Crippen molar-refractivity contribution in [1.82, 2.24) is 5.32 Å². The molecule has 2 fully saturated rings. The molecule has 1 N–H and O–H groups in total. The van der Waals surface area contributed by atoms with E-state index in [1.165, 1.54) is 51.5 Å². The number of nitrogens with one attached hydrogen (secondary N) is 1. The van der Waals surface area contributed by atoms with Gasteiger partial charge >= 0.3 is 0 Å². The van der Waals surface area contributed by atoms with Crippen LogP contribution in [-0.2, 0) is 4.74 Å². The molecular weight excluding hydrogens is 198 g/mol. The van der Waals surface area contributed by atoms with E-state index in [1.807, 2.05) is 0 Å². The molecule has 1 aliphatic carbocycles. The first-order valence-corrected chi connectivity index (χ1v) is 6.88. The maximum atomic E-state index is 6.15. The molecule has 0 aromatic heterocycles. The average Bonchev–Trinajstić information content (AvgIpc) is 2.75. The highest BCUT2D eigenvalue weighted by Gasteiger charge is 2.40. The van der Waals surface area contributed by atoms with Gasteiger partial charge in [0.2, 0.25) is 0 Å². The summed E-state index contributed by atoms with van der Waals surface area (Å²) >= 11 is 0. The van der Waals surface area contributed by atoms with Crippen molar-refractivity contribution in [3.63, 3.8) is 0 Å². The maximum Gasteiger partial charge on any atom is 0.0631 e. The van der Waals surface area contributed by atoms with Crippen LogP contribution < -0.4 is 5.32 Å². The molecule has 1 atom stereocenters. The van der Waals surface area contributed by atoms with Gasteiger partial charge in [-0.15, -0.1) is 0 Å². The van der Waals surface area contributed by atoms with Crippen LogP contribution in [0, 0.1) is 5.41 Å². The summed E-state index contributed by atoms with van der Waals surface area (Å²) in [5.74, 6) is 0. The second-order valence-corrected chi connectivity index (χ2v) is 6.48. The molecule has 1 heterocycles. The van der Waals surface area contributed by atoms with Gasteiger partial charge in [0.15, 0.2) is 0 Å². The Morgan fingerprint density at radius 1 is 1.19 bits per heavy atom. The second-order valence-electron chi connectivity index (χ2n) is 6.48. The van der Waals surface area contributed by atoms with Crippen LogP contribution in [0.15, 0.2) is 0 Å². The Morgan fingerprint density at radius 3 is 2.38 bits per heavy atom. The van der Waals surface area contributed by atoms with Crippen molar-refractivity contribution in [2.24, 2.45) is 5.41 Å². The topological polar surface area (TPSA) is 21.3 Å². The molecule has 0 aromatic rings. The van der Waals surface area contributed by atoms with Gasteiger partial charge in [-0.2, -0.15) is 0 Å². The number of hydrogen-bond donors (Lipinski definition) is 1. The van der Waals surface area contributed by atoms with E-state index in [1.54, 1.807) is 0 Å². The first kappa shape index (κ1) is 12.4. The van der Waals surface area contributed by atoms with Crippen molar-refractivity contribution < 1.29 is 4.74 Å². The Balaban J connectivity index is 1.91. The molecule has 2 nitrogen and oxygen atoms in total. The van der Waals surface area contributed by atoms with Crippen LogP contribution >= 0.6 is 0 Å². The lowest BCUT2D eigenvalue weighted by Gasteiger charge is -2.32. The molecule has 2 aliphatic rings. The van der Waals surface area contributed by atoms with E-state index < -0.39 is 0 Å². The van der Waals surface area contributed by atoms with Gasteiger partial charge in [0.05, 0.1) is 11.7 Å². The lowest BCUT2D eigenvalue weighted by atomic mass is 9.80. The van der Waals surface area contributed by atoms with E-state index in [2.05, 4.69) is 26.2 Å². The van der Waals surface area contributed by atoms with E-state index in [0.717, 1.165) is 0 Å². The lowest BCUT2D eigenvalue weighted by Crippen LogP contribution is -2.34. The molecular formula is C14H27NO. The van der Waals surface area contributed by atoms with Gasteiger partial charge < -0.3 is 10.1 Å². The molecule has 0 radical (unpaired) electrons. The molecule has 2 heteroatoms.